The molecule has 0 aliphatic heterocycles. The van der Waals surface area contributed by atoms with Crippen LogP contribution in [0.2, 0.25) is 0 Å². The number of nitrogens with two attached hydrogens (primary N) is 1. The van der Waals surface area contributed by atoms with Crippen molar-refractivity contribution in [2.24, 2.45) is 11.7 Å². The summed E-state index contributed by atoms with van der Waals surface area (Å²) in [5.74, 6) is -0.729. The summed E-state index contributed by atoms with van der Waals surface area (Å²) in [4.78, 5) is 20.6. The number of nitriles is 1. The van der Waals surface area contributed by atoms with Gasteiger partial charge in [-0.25, -0.2) is 4.98 Å². The van der Waals surface area contributed by atoms with Crippen LogP contribution in [0, 0.1) is 17.2 Å². The van der Waals surface area contributed by atoms with Crippen LogP contribution in [0.5, 0.6) is 0 Å². The van der Waals surface area contributed by atoms with Crippen LogP contribution in [-0.2, 0) is 30.5 Å². The lowest BCUT2D eigenvalue weighted by atomic mass is 9.95. The average molecular weight is 651 g/mol. The molecular weight excluding hydrogens is 618 g/mol. The number of nitrogens with zero attached hydrogens (tertiary/aromatic N) is 4. The third kappa shape index (κ3) is 9.41. The van der Waals surface area contributed by atoms with Crippen LogP contribution >= 0.6 is 24.0 Å². The molecule has 1 atom stereocenters. The number of benzene rings is 3. The summed E-state index contributed by atoms with van der Waals surface area (Å²) < 4.78 is 43.6. The second kappa shape index (κ2) is 15.7. The van der Waals surface area contributed by atoms with Crippen molar-refractivity contribution in [2.75, 3.05) is 24.7 Å². The molecule has 45 heavy (non-hydrogen) atoms. The molecule has 0 unspecified atom stereocenters. The predicted octanol–water partition coefficient (Wildman–Crippen LogP) is 6.52. The van der Waals surface area contributed by atoms with Gasteiger partial charge in [0.05, 0.1) is 23.5 Å². The first kappa shape index (κ1) is 33.7. The number of hydrogen-bond donors (Lipinski definition) is 2. The van der Waals surface area contributed by atoms with Crippen molar-refractivity contribution in [3.05, 3.63) is 113 Å². The zero-order valence-corrected chi connectivity index (χ0v) is 26.3. The molecule has 3 N–H and O–H groups in total. The largest absolute Gasteiger partial charge is 0.416 e. The third-order valence-corrected chi connectivity index (χ3v) is 8.42. The van der Waals surface area contributed by atoms with Gasteiger partial charge in [-0.15, -0.1) is 11.8 Å². The number of ketones is 1. The zero-order chi connectivity index (χ0) is 32.4. The molecule has 0 spiro atoms. The van der Waals surface area contributed by atoms with E-state index in [4.69, 9.17) is 23.2 Å². The molecule has 0 saturated carbocycles. The molecule has 0 bridgehead atoms. The van der Waals surface area contributed by atoms with Crippen LogP contribution in [0.15, 0.2) is 90.2 Å². The molecular formula is C33H33F3N6OS2. The van der Waals surface area contributed by atoms with E-state index in [1.54, 1.807) is 47.4 Å². The van der Waals surface area contributed by atoms with E-state index in [-0.39, 0.29) is 42.5 Å². The number of Topliss-reactive ketones (excluding diaryl/α,β-unsaturated/α-hetero) is 1. The Balaban J connectivity index is 1.56. The SMILES string of the molecule is CSc1ccc(NC(=S)N(Cc2ccccc2C(F)(F)F)C[C@H](CCN)C(=O)Cc2cncn2Cc2ccc(C#N)cc2)cc1. The van der Waals surface area contributed by atoms with Gasteiger partial charge in [0, 0.05) is 54.4 Å². The molecule has 3 aromatic carbocycles. The number of anilines is 1. The molecule has 7 nitrogen and oxygen atoms in total. The molecule has 4 rings (SSSR count). The van der Waals surface area contributed by atoms with Gasteiger partial charge in [-0.3, -0.25) is 4.79 Å². The molecule has 0 aliphatic rings. The Kier molecular flexibility index (Phi) is 11.8. The molecule has 1 heterocycles. The number of halogens is 3. The van der Waals surface area contributed by atoms with Crippen molar-refractivity contribution >= 4 is 40.6 Å². The van der Waals surface area contributed by atoms with Gasteiger partial charge in [-0.1, -0.05) is 30.3 Å². The minimum Gasteiger partial charge on any atom is -0.344 e. The fraction of sp³-hybridized carbons (Fsp3) is 0.273. The quantitative estimate of drug-likeness (QED) is 0.125. The highest BCUT2D eigenvalue weighted by Crippen LogP contribution is 2.33. The second-order valence-electron chi connectivity index (χ2n) is 10.4. The molecule has 234 valence electrons. The summed E-state index contributed by atoms with van der Waals surface area (Å²) in [6, 6.07) is 22.1. The summed E-state index contributed by atoms with van der Waals surface area (Å²) in [7, 11) is 0. The van der Waals surface area contributed by atoms with Crippen LogP contribution in [0.1, 0.15) is 34.4 Å². The second-order valence-corrected chi connectivity index (χ2v) is 11.7. The van der Waals surface area contributed by atoms with Crippen molar-refractivity contribution < 1.29 is 18.0 Å². The highest BCUT2D eigenvalue weighted by atomic mass is 32.2. The fourth-order valence-electron chi connectivity index (χ4n) is 4.90. The van der Waals surface area contributed by atoms with Crippen LogP contribution in [-0.4, -0.2) is 44.7 Å². The van der Waals surface area contributed by atoms with Gasteiger partial charge in [0.2, 0.25) is 0 Å². The Labute approximate surface area is 270 Å². The van der Waals surface area contributed by atoms with Gasteiger partial charge in [0.15, 0.2) is 5.11 Å². The number of alkyl halides is 3. The van der Waals surface area contributed by atoms with Crippen molar-refractivity contribution in [3.63, 3.8) is 0 Å². The van der Waals surface area contributed by atoms with E-state index in [2.05, 4.69) is 16.4 Å². The van der Waals surface area contributed by atoms with E-state index in [9.17, 15) is 18.0 Å². The number of thioether (sulfide) groups is 1. The van der Waals surface area contributed by atoms with Gasteiger partial charge >= 0.3 is 6.18 Å². The molecule has 1 aromatic heterocycles. The lowest BCUT2D eigenvalue weighted by Crippen LogP contribution is -2.41. The van der Waals surface area contributed by atoms with E-state index in [0.29, 0.717) is 29.9 Å². The summed E-state index contributed by atoms with van der Waals surface area (Å²) in [5, 5.41) is 12.4. The molecule has 0 amide bonds. The number of carbonyl (C=O) groups excluding carboxylic acids is 1. The molecule has 12 heteroatoms. The Morgan fingerprint density at radius 3 is 2.49 bits per heavy atom. The van der Waals surface area contributed by atoms with E-state index in [0.717, 1.165) is 16.5 Å². The summed E-state index contributed by atoms with van der Waals surface area (Å²) in [5.41, 5.74) is 8.08. The number of rotatable bonds is 13. The topological polar surface area (TPSA) is 100.0 Å². The van der Waals surface area contributed by atoms with E-state index >= 15 is 0 Å². The van der Waals surface area contributed by atoms with Crippen LogP contribution < -0.4 is 11.1 Å². The van der Waals surface area contributed by atoms with Gasteiger partial charge in [-0.2, -0.15) is 18.4 Å². The average Bonchev–Trinajstić information content (AvgIpc) is 3.46. The summed E-state index contributed by atoms with van der Waals surface area (Å²) >= 11 is 7.31. The van der Waals surface area contributed by atoms with Gasteiger partial charge in [0.25, 0.3) is 0 Å². The van der Waals surface area contributed by atoms with Crippen molar-refractivity contribution in [1.29, 1.82) is 5.26 Å². The summed E-state index contributed by atoms with van der Waals surface area (Å²) in [6.07, 6.45) is 1.06. The molecule has 4 aromatic rings. The Morgan fingerprint density at radius 2 is 1.84 bits per heavy atom. The van der Waals surface area contributed by atoms with Gasteiger partial charge < -0.3 is 20.5 Å². The number of imidazole rings is 1. The number of nitrogens with one attached hydrogen (secondary N) is 1. The Hall–Kier alpha value is -4.18. The minimum atomic E-state index is -4.55. The van der Waals surface area contributed by atoms with Gasteiger partial charge in [0.1, 0.15) is 5.78 Å². The van der Waals surface area contributed by atoms with Gasteiger partial charge in [-0.05, 0) is 85.0 Å². The highest BCUT2D eigenvalue weighted by Gasteiger charge is 2.34. The van der Waals surface area contributed by atoms with E-state index in [1.807, 2.05) is 47.2 Å². The zero-order valence-electron chi connectivity index (χ0n) is 24.6. The van der Waals surface area contributed by atoms with Crippen LogP contribution in [0.3, 0.4) is 0 Å². The molecule has 0 saturated heterocycles. The Morgan fingerprint density at radius 1 is 1.13 bits per heavy atom. The Bertz CT molecular complexity index is 1630. The number of aromatic nitrogens is 2. The maximum Gasteiger partial charge on any atom is 0.416 e. The van der Waals surface area contributed by atoms with Crippen molar-refractivity contribution in [1.82, 2.24) is 14.5 Å². The molecule has 0 radical (unpaired) electrons. The first-order chi connectivity index (χ1) is 21.6. The van der Waals surface area contributed by atoms with E-state index < -0.39 is 17.7 Å². The standard InChI is InChI=1S/C33H33F3N6OS2/c1-45-29-12-10-27(11-13-29)40-32(44)41(20-25-4-2-3-5-30(25)33(34,35)36)21-26(14-15-37)31(43)16-28-18-39-22-42(28)19-24-8-6-23(17-38)7-9-24/h2-13,18,22,26H,14-16,19-21,37H2,1H3,(H,40,44)/t26-/m0/s1. The lowest BCUT2D eigenvalue weighted by molar-refractivity contribution is -0.138. The molecule has 0 fully saturated rings. The maximum absolute atomic E-state index is 13.9. The minimum absolute atomic E-state index is 0.0475. The predicted molar refractivity (Wildman–Crippen MR) is 175 cm³/mol. The first-order valence-electron chi connectivity index (χ1n) is 14.2. The fourth-order valence-corrected chi connectivity index (χ4v) is 5.56. The third-order valence-electron chi connectivity index (χ3n) is 7.31. The van der Waals surface area contributed by atoms with Crippen molar-refractivity contribution in [2.45, 2.75) is 37.0 Å². The first-order valence-corrected chi connectivity index (χ1v) is 15.8. The van der Waals surface area contributed by atoms with Crippen LogP contribution in [0.25, 0.3) is 0 Å². The summed E-state index contributed by atoms with van der Waals surface area (Å²) in [6.45, 7) is 0.583. The van der Waals surface area contributed by atoms with Crippen molar-refractivity contribution in [3.8, 4) is 6.07 Å². The number of hydrogen-bond acceptors (Lipinski definition) is 6. The normalized spacial score (nSPS) is 11.9. The molecule has 0 aliphatic carbocycles. The van der Waals surface area contributed by atoms with Crippen LogP contribution in [0.4, 0.5) is 18.9 Å². The van der Waals surface area contributed by atoms with E-state index in [1.165, 1.54) is 12.1 Å². The maximum atomic E-state index is 13.9. The lowest BCUT2D eigenvalue weighted by Gasteiger charge is -2.30. The number of carbonyl (C=O) groups is 1. The monoisotopic (exact) mass is 650 g/mol. The highest BCUT2D eigenvalue weighted by molar-refractivity contribution is 7.98. The number of thiocarbonyl (C=S) groups is 1. The smallest absolute Gasteiger partial charge is 0.344 e.